The fourth-order valence-corrected chi connectivity index (χ4v) is 2.50. The van der Waals surface area contributed by atoms with E-state index >= 15 is 0 Å². The lowest BCUT2D eigenvalue weighted by Crippen LogP contribution is -2.09. The first kappa shape index (κ1) is 14.7. The van der Waals surface area contributed by atoms with Crippen molar-refractivity contribution in [2.24, 2.45) is 0 Å². The number of rotatable bonds is 6. The number of hydrogen-bond acceptors (Lipinski definition) is 3. The Hall–Kier alpha value is -1.35. The van der Waals surface area contributed by atoms with E-state index in [0.29, 0.717) is 0 Å². The van der Waals surface area contributed by atoms with Gasteiger partial charge >= 0.3 is 0 Å². The van der Waals surface area contributed by atoms with Crippen molar-refractivity contribution in [3.63, 3.8) is 0 Å². The van der Waals surface area contributed by atoms with Crippen molar-refractivity contribution in [2.45, 2.75) is 13.5 Å². The molecule has 0 radical (unpaired) electrons. The van der Waals surface area contributed by atoms with Crippen LogP contribution in [0.3, 0.4) is 0 Å². The van der Waals surface area contributed by atoms with Crippen LogP contribution >= 0.6 is 11.8 Å². The van der Waals surface area contributed by atoms with E-state index in [-0.39, 0.29) is 0 Å². The molecular weight excluding hydrogens is 240 g/mol. The topological polar surface area (TPSA) is 15.3 Å². The molecule has 1 aromatic rings. The normalized spacial score (nSPS) is 11.8. The number of thioether (sulfide) groups is 1. The van der Waals surface area contributed by atoms with Crippen LogP contribution in [-0.4, -0.2) is 25.3 Å². The molecule has 0 saturated carbocycles. The summed E-state index contributed by atoms with van der Waals surface area (Å²) in [5.74, 6) is 0. The molecule has 1 N–H and O–H groups in total. The van der Waals surface area contributed by atoms with Gasteiger partial charge in [0.05, 0.1) is 0 Å². The standard InChI is InChI=1S/C15H22N2S/c1-6-17(4)11-13-7-9-14(10-8-13)15(18-5)12(2)16-3/h6-10,16H,1,11H2,2-5H3/b15-12-. The van der Waals surface area contributed by atoms with Crippen LogP contribution in [0.1, 0.15) is 18.1 Å². The first-order valence-electron chi connectivity index (χ1n) is 5.97. The summed E-state index contributed by atoms with van der Waals surface area (Å²) in [4.78, 5) is 3.36. The third-order valence-corrected chi connectivity index (χ3v) is 3.83. The summed E-state index contributed by atoms with van der Waals surface area (Å²) in [6.07, 6.45) is 3.95. The molecule has 0 aromatic heterocycles. The highest BCUT2D eigenvalue weighted by atomic mass is 32.2. The average Bonchev–Trinajstić information content (AvgIpc) is 2.41. The Morgan fingerprint density at radius 3 is 2.44 bits per heavy atom. The zero-order valence-electron chi connectivity index (χ0n) is 11.7. The Morgan fingerprint density at radius 1 is 1.39 bits per heavy atom. The maximum absolute atomic E-state index is 3.76. The van der Waals surface area contributed by atoms with Gasteiger partial charge in [0.2, 0.25) is 0 Å². The summed E-state index contributed by atoms with van der Waals surface area (Å²) in [5.41, 5.74) is 3.77. The van der Waals surface area contributed by atoms with Gasteiger partial charge in [0.1, 0.15) is 0 Å². The zero-order chi connectivity index (χ0) is 13.5. The fraction of sp³-hybridized carbons (Fsp3) is 0.333. The van der Waals surface area contributed by atoms with Crippen molar-refractivity contribution < 1.29 is 0 Å². The summed E-state index contributed by atoms with van der Waals surface area (Å²) in [6, 6.07) is 8.71. The highest BCUT2D eigenvalue weighted by molar-refractivity contribution is 8.07. The van der Waals surface area contributed by atoms with E-state index in [0.717, 1.165) is 6.54 Å². The molecule has 2 nitrogen and oxygen atoms in total. The summed E-state index contributed by atoms with van der Waals surface area (Å²) in [7, 11) is 3.98. The van der Waals surface area contributed by atoms with Crippen LogP contribution < -0.4 is 5.32 Å². The van der Waals surface area contributed by atoms with E-state index in [1.165, 1.54) is 21.7 Å². The van der Waals surface area contributed by atoms with Gasteiger partial charge < -0.3 is 10.2 Å². The van der Waals surface area contributed by atoms with Gasteiger partial charge in [-0.3, -0.25) is 0 Å². The van der Waals surface area contributed by atoms with Crippen LogP contribution in [-0.2, 0) is 6.54 Å². The van der Waals surface area contributed by atoms with Crippen LogP contribution in [0.25, 0.3) is 4.91 Å². The molecule has 1 rings (SSSR count). The summed E-state index contributed by atoms with van der Waals surface area (Å²) in [6.45, 7) is 6.76. The van der Waals surface area contributed by atoms with Crippen LogP contribution in [0.2, 0.25) is 0 Å². The number of nitrogens with zero attached hydrogens (tertiary/aromatic N) is 1. The third kappa shape index (κ3) is 3.84. The van der Waals surface area contributed by atoms with Gasteiger partial charge in [-0.2, -0.15) is 0 Å². The van der Waals surface area contributed by atoms with E-state index < -0.39 is 0 Å². The average molecular weight is 262 g/mol. The minimum absolute atomic E-state index is 0.896. The largest absolute Gasteiger partial charge is 0.391 e. The second-order valence-electron chi connectivity index (χ2n) is 4.20. The van der Waals surface area contributed by atoms with Crippen LogP contribution in [0.15, 0.2) is 42.7 Å². The highest BCUT2D eigenvalue weighted by Gasteiger charge is 2.04. The molecule has 0 bridgehead atoms. The molecule has 0 spiro atoms. The molecule has 0 saturated heterocycles. The third-order valence-electron chi connectivity index (χ3n) is 2.88. The van der Waals surface area contributed by atoms with Crippen molar-refractivity contribution in [3.8, 4) is 0 Å². The van der Waals surface area contributed by atoms with E-state index in [9.17, 15) is 0 Å². The molecule has 98 valence electrons. The molecule has 0 heterocycles. The van der Waals surface area contributed by atoms with Gasteiger partial charge in [0, 0.05) is 31.2 Å². The van der Waals surface area contributed by atoms with Crippen molar-refractivity contribution in [1.29, 1.82) is 0 Å². The van der Waals surface area contributed by atoms with Crippen molar-refractivity contribution >= 4 is 16.7 Å². The molecule has 0 aliphatic heterocycles. The Labute approximate surface area is 115 Å². The minimum atomic E-state index is 0.896. The first-order valence-corrected chi connectivity index (χ1v) is 7.19. The molecule has 0 fully saturated rings. The number of allylic oxidation sites excluding steroid dienone is 1. The predicted molar refractivity (Wildman–Crippen MR) is 83.3 cm³/mol. The lowest BCUT2D eigenvalue weighted by atomic mass is 10.1. The van der Waals surface area contributed by atoms with E-state index in [2.05, 4.69) is 54.2 Å². The molecular formula is C15H22N2S. The minimum Gasteiger partial charge on any atom is -0.391 e. The number of nitrogens with one attached hydrogen (secondary N) is 1. The zero-order valence-corrected chi connectivity index (χ0v) is 12.5. The fourth-order valence-electron chi connectivity index (χ4n) is 1.72. The smallest absolute Gasteiger partial charge is 0.0420 e. The van der Waals surface area contributed by atoms with Crippen LogP contribution in [0, 0.1) is 0 Å². The van der Waals surface area contributed by atoms with E-state index in [1.54, 1.807) is 11.8 Å². The second-order valence-corrected chi connectivity index (χ2v) is 5.02. The SMILES string of the molecule is C=CN(C)Cc1ccc(/C(SC)=C(\C)NC)cc1. The maximum Gasteiger partial charge on any atom is 0.0420 e. The second kappa shape index (κ2) is 7.17. The van der Waals surface area contributed by atoms with Crippen LogP contribution in [0.5, 0.6) is 0 Å². The van der Waals surface area contributed by atoms with Crippen molar-refractivity contribution in [2.75, 3.05) is 20.4 Å². The lowest BCUT2D eigenvalue weighted by Gasteiger charge is -2.14. The van der Waals surface area contributed by atoms with E-state index in [1.807, 2.05) is 20.3 Å². The van der Waals surface area contributed by atoms with Gasteiger partial charge in [-0.05, 0) is 30.5 Å². The predicted octanol–water partition coefficient (Wildman–Crippen LogP) is 3.53. The molecule has 0 aliphatic carbocycles. The summed E-state index contributed by atoms with van der Waals surface area (Å²) < 4.78 is 0. The highest BCUT2D eigenvalue weighted by Crippen LogP contribution is 2.27. The van der Waals surface area contributed by atoms with Gasteiger partial charge in [0.15, 0.2) is 0 Å². The summed E-state index contributed by atoms with van der Waals surface area (Å²) in [5, 5.41) is 3.21. The number of benzene rings is 1. The van der Waals surface area contributed by atoms with Gasteiger partial charge in [0.25, 0.3) is 0 Å². The number of hydrogen-bond donors (Lipinski definition) is 1. The lowest BCUT2D eigenvalue weighted by molar-refractivity contribution is 0.452. The van der Waals surface area contributed by atoms with E-state index in [4.69, 9.17) is 0 Å². The van der Waals surface area contributed by atoms with Gasteiger partial charge in [-0.1, -0.05) is 30.8 Å². The van der Waals surface area contributed by atoms with Gasteiger partial charge in [-0.25, -0.2) is 0 Å². The molecule has 0 amide bonds. The Bertz CT molecular complexity index is 421. The molecule has 0 atom stereocenters. The molecule has 0 aliphatic rings. The Balaban J connectivity index is 2.91. The van der Waals surface area contributed by atoms with Crippen molar-refractivity contribution in [1.82, 2.24) is 10.2 Å². The maximum atomic E-state index is 3.76. The quantitative estimate of drug-likeness (QED) is 0.844. The van der Waals surface area contributed by atoms with Crippen LogP contribution in [0.4, 0.5) is 0 Å². The molecule has 18 heavy (non-hydrogen) atoms. The van der Waals surface area contributed by atoms with Gasteiger partial charge in [-0.15, -0.1) is 11.8 Å². The summed E-state index contributed by atoms with van der Waals surface area (Å²) >= 11 is 1.77. The monoisotopic (exact) mass is 262 g/mol. The first-order chi connectivity index (χ1) is 8.62. The van der Waals surface area contributed by atoms with Crippen molar-refractivity contribution in [3.05, 3.63) is 53.9 Å². The Kier molecular flexibility index (Phi) is 5.86. The molecule has 1 aromatic carbocycles. The molecule has 3 heteroatoms. The molecule has 0 unspecified atom stereocenters. The Morgan fingerprint density at radius 2 is 2.00 bits per heavy atom.